The molecule has 0 saturated heterocycles. The maximum absolute atomic E-state index is 12.6. The molecule has 0 fully saturated rings. The Morgan fingerprint density at radius 3 is 2.57 bits per heavy atom. The van der Waals surface area contributed by atoms with Crippen LogP contribution in [0.1, 0.15) is 43.2 Å². The molecule has 1 aliphatic carbocycles. The van der Waals surface area contributed by atoms with Crippen LogP contribution in [-0.4, -0.2) is 29.2 Å². The molecule has 0 aliphatic heterocycles. The Hall–Kier alpha value is -2.30. The number of carbonyl (C=O) groups excluding carboxylic acids is 1. The number of nitrogens with zero attached hydrogens (tertiary/aromatic N) is 2. The molecular formula is C18H23N3O2. The van der Waals surface area contributed by atoms with Gasteiger partial charge in [-0.15, -0.1) is 5.10 Å². The third-order valence-electron chi connectivity index (χ3n) is 4.21. The Balaban J connectivity index is 2.13. The van der Waals surface area contributed by atoms with Gasteiger partial charge in [0.1, 0.15) is 5.75 Å². The van der Waals surface area contributed by atoms with Crippen LogP contribution in [0.15, 0.2) is 24.3 Å². The van der Waals surface area contributed by atoms with Crippen molar-refractivity contribution in [2.75, 3.05) is 19.0 Å². The second-order valence-corrected chi connectivity index (χ2v) is 6.75. The van der Waals surface area contributed by atoms with Crippen molar-refractivity contribution in [2.24, 2.45) is 5.41 Å². The molecule has 5 heteroatoms. The average Bonchev–Trinajstić information content (AvgIpc) is 2.85. The van der Waals surface area contributed by atoms with Crippen molar-refractivity contribution in [3.05, 3.63) is 35.5 Å². The van der Waals surface area contributed by atoms with Gasteiger partial charge in [-0.2, -0.15) is 0 Å². The average molecular weight is 313 g/mol. The molecule has 5 nitrogen and oxygen atoms in total. The zero-order valence-corrected chi connectivity index (χ0v) is 14.1. The molecule has 122 valence electrons. The number of ether oxygens (including phenoxy) is 1. The number of fused-ring (bicyclic) bond motifs is 1. The van der Waals surface area contributed by atoms with Crippen LogP contribution >= 0.6 is 0 Å². The molecule has 1 aliphatic rings. The Bertz CT molecular complexity index is 729. The predicted octanol–water partition coefficient (Wildman–Crippen LogP) is 3.47. The molecule has 1 aromatic heterocycles. The van der Waals surface area contributed by atoms with E-state index in [1.54, 1.807) is 7.11 Å². The number of hydrogen-bond donors (Lipinski definition) is 1. The number of ketones is 1. The van der Waals surface area contributed by atoms with E-state index in [2.05, 4.69) is 24.3 Å². The number of carbonyl (C=O) groups is 1. The van der Waals surface area contributed by atoms with E-state index < -0.39 is 0 Å². The van der Waals surface area contributed by atoms with Gasteiger partial charge in [0.2, 0.25) is 0 Å². The topological polar surface area (TPSA) is 56.1 Å². The Morgan fingerprint density at radius 1 is 1.26 bits per heavy atom. The normalized spacial score (nSPS) is 16.1. The van der Waals surface area contributed by atoms with Gasteiger partial charge in [-0.1, -0.05) is 13.8 Å². The maximum Gasteiger partial charge on any atom is 0.169 e. The minimum Gasteiger partial charge on any atom is -0.497 e. The van der Waals surface area contributed by atoms with Crippen molar-refractivity contribution in [1.82, 2.24) is 9.78 Å². The first-order chi connectivity index (χ1) is 10.9. The molecule has 23 heavy (non-hydrogen) atoms. The minimum absolute atomic E-state index is 0.0438. The van der Waals surface area contributed by atoms with Gasteiger partial charge in [0.05, 0.1) is 24.1 Å². The summed E-state index contributed by atoms with van der Waals surface area (Å²) in [6.45, 7) is 7.01. The number of methoxy groups -OCH3 is 1. The number of Topliss-reactive ketones (excluding diaryl/α,β-unsaturated/α-hetero) is 1. The Labute approximate surface area is 136 Å². The van der Waals surface area contributed by atoms with Gasteiger partial charge in [0.15, 0.2) is 11.6 Å². The van der Waals surface area contributed by atoms with Gasteiger partial charge < -0.3 is 10.1 Å². The van der Waals surface area contributed by atoms with Gasteiger partial charge in [-0.3, -0.25) is 4.79 Å². The van der Waals surface area contributed by atoms with Crippen LogP contribution in [-0.2, 0) is 6.42 Å². The van der Waals surface area contributed by atoms with Crippen LogP contribution in [0.3, 0.4) is 0 Å². The smallest absolute Gasteiger partial charge is 0.169 e. The van der Waals surface area contributed by atoms with Gasteiger partial charge >= 0.3 is 0 Å². The van der Waals surface area contributed by atoms with Crippen LogP contribution in [0.5, 0.6) is 5.75 Å². The highest BCUT2D eigenvalue weighted by molar-refractivity contribution is 6.03. The second-order valence-electron chi connectivity index (χ2n) is 6.75. The first-order valence-electron chi connectivity index (χ1n) is 7.98. The lowest BCUT2D eigenvalue weighted by molar-refractivity contribution is 0.0911. The lowest BCUT2D eigenvalue weighted by atomic mass is 9.76. The first-order valence-corrected chi connectivity index (χ1v) is 7.98. The van der Waals surface area contributed by atoms with Crippen molar-refractivity contribution in [1.29, 1.82) is 0 Å². The van der Waals surface area contributed by atoms with E-state index in [1.807, 2.05) is 35.9 Å². The molecule has 1 heterocycles. The summed E-state index contributed by atoms with van der Waals surface area (Å²) in [5, 5.41) is 7.90. The molecule has 0 amide bonds. The highest BCUT2D eigenvalue weighted by Gasteiger charge is 2.36. The lowest BCUT2D eigenvalue weighted by Gasteiger charge is -2.29. The Morgan fingerprint density at radius 2 is 1.96 bits per heavy atom. The highest BCUT2D eigenvalue weighted by Crippen LogP contribution is 2.38. The summed E-state index contributed by atoms with van der Waals surface area (Å²) in [6.07, 6.45) is 1.39. The first kappa shape index (κ1) is 15.6. The van der Waals surface area contributed by atoms with Crippen molar-refractivity contribution in [3.63, 3.8) is 0 Å². The molecule has 2 aromatic rings. The molecule has 1 aromatic carbocycles. The summed E-state index contributed by atoms with van der Waals surface area (Å²) < 4.78 is 7.11. The SMILES string of the molecule is CCNc1nn(-c2ccc(OC)cc2)c2c1C(=O)CC(C)(C)C2. The fraction of sp³-hybridized carbons (Fsp3) is 0.444. The molecule has 0 bridgehead atoms. The van der Waals surface area contributed by atoms with E-state index >= 15 is 0 Å². The molecule has 0 saturated carbocycles. The van der Waals surface area contributed by atoms with Crippen LogP contribution in [0.4, 0.5) is 5.82 Å². The van der Waals surface area contributed by atoms with E-state index in [9.17, 15) is 4.79 Å². The molecule has 1 N–H and O–H groups in total. The monoisotopic (exact) mass is 313 g/mol. The minimum atomic E-state index is -0.0438. The standard InChI is InChI=1S/C18H23N3O2/c1-5-19-17-16-14(10-18(2,3)11-15(16)22)21(20-17)12-6-8-13(23-4)9-7-12/h6-9H,5,10-11H2,1-4H3,(H,19,20). The lowest BCUT2D eigenvalue weighted by Crippen LogP contribution is -2.28. The molecule has 0 unspecified atom stereocenters. The Kier molecular flexibility index (Phi) is 3.88. The van der Waals surface area contributed by atoms with Crippen molar-refractivity contribution in [2.45, 2.75) is 33.6 Å². The van der Waals surface area contributed by atoms with E-state index in [-0.39, 0.29) is 11.2 Å². The number of hydrogen-bond acceptors (Lipinski definition) is 4. The number of rotatable bonds is 4. The number of anilines is 1. The quantitative estimate of drug-likeness (QED) is 0.939. The van der Waals surface area contributed by atoms with Crippen molar-refractivity contribution in [3.8, 4) is 11.4 Å². The van der Waals surface area contributed by atoms with Gasteiger partial charge in [-0.05, 0) is 43.0 Å². The predicted molar refractivity (Wildman–Crippen MR) is 90.7 cm³/mol. The summed E-state index contributed by atoms with van der Waals surface area (Å²) in [5.41, 5.74) is 2.64. The molecule has 0 spiro atoms. The van der Waals surface area contributed by atoms with Crippen LogP contribution in [0, 0.1) is 5.41 Å². The number of nitrogens with one attached hydrogen (secondary N) is 1. The van der Waals surface area contributed by atoms with Crippen molar-refractivity contribution < 1.29 is 9.53 Å². The fourth-order valence-corrected chi connectivity index (χ4v) is 3.18. The number of benzene rings is 1. The fourth-order valence-electron chi connectivity index (χ4n) is 3.18. The molecule has 3 rings (SSSR count). The summed E-state index contributed by atoms with van der Waals surface area (Å²) >= 11 is 0. The second kappa shape index (κ2) is 5.72. The third-order valence-corrected chi connectivity index (χ3v) is 4.21. The largest absolute Gasteiger partial charge is 0.497 e. The zero-order valence-electron chi connectivity index (χ0n) is 14.1. The number of aromatic nitrogens is 2. The summed E-state index contributed by atoms with van der Waals surface area (Å²) in [6, 6.07) is 7.75. The third kappa shape index (κ3) is 2.83. The van der Waals surface area contributed by atoms with E-state index in [1.165, 1.54) is 0 Å². The van der Waals surface area contributed by atoms with Gasteiger partial charge in [0, 0.05) is 13.0 Å². The van der Waals surface area contributed by atoms with Crippen LogP contribution < -0.4 is 10.1 Å². The van der Waals surface area contributed by atoms with E-state index in [0.717, 1.165) is 35.7 Å². The summed E-state index contributed by atoms with van der Waals surface area (Å²) in [7, 11) is 1.65. The maximum atomic E-state index is 12.6. The van der Waals surface area contributed by atoms with Gasteiger partial charge in [0.25, 0.3) is 0 Å². The van der Waals surface area contributed by atoms with Crippen LogP contribution in [0.25, 0.3) is 5.69 Å². The molecule has 0 atom stereocenters. The molecular weight excluding hydrogens is 290 g/mol. The highest BCUT2D eigenvalue weighted by atomic mass is 16.5. The zero-order chi connectivity index (χ0) is 16.6. The summed E-state index contributed by atoms with van der Waals surface area (Å²) in [4.78, 5) is 12.6. The van der Waals surface area contributed by atoms with E-state index in [0.29, 0.717) is 12.2 Å². The van der Waals surface area contributed by atoms with E-state index in [4.69, 9.17) is 4.74 Å². The van der Waals surface area contributed by atoms with Crippen molar-refractivity contribution >= 4 is 11.6 Å². The molecule has 0 radical (unpaired) electrons. The van der Waals surface area contributed by atoms with Gasteiger partial charge in [-0.25, -0.2) is 4.68 Å². The van der Waals surface area contributed by atoms with Crippen LogP contribution in [0.2, 0.25) is 0 Å². The summed E-state index contributed by atoms with van der Waals surface area (Å²) in [5.74, 6) is 1.67.